The highest BCUT2D eigenvalue weighted by Gasteiger charge is 2.31. The third-order valence-corrected chi connectivity index (χ3v) is 6.14. The molecule has 0 saturated carbocycles. The Morgan fingerprint density at radius 3 is 1.47 bits per heavy atom. The van der Waals surface area contributed by atoms with Crippen LogP contribution < -0.4 is 0 Å². The number of hydrogen-bond donors (Lipinski definition) is 0. The van der Waals surface area contributed by atoms with E-state index in [0.717, 1.165) is 11.1 Å². The van der Waals surface area contributed by atoms with E-state index in [9.17, 15) is 4.11 Å². The van der Waals surface area contributed by atoms with Crippen LogP contribution in [0.4, 0.5) is 4.11 Å². The fourth-order valence-corrected chi connectivity index (χ4v) is 5.58. The Labute approximate surface area is 110 Å². The van der Waals surface area contributed by atoms with Gasteiger partial charge in [0, 0.05) is 12.1 Å². The second-order valence-corrected chi connectivity index (χ2v) is 10.9. The molecule has 0 amide bonds. The summed E-state index contributed by atoms with van der Waals surface area (Å²) in [5, 5.41) is 0. The fourth-order valence-electron chi connectivity index (χ4n) is 1.85. The second kappa shape index (κ2) is 5.60. The largest absolute Gasteiger partial charge is 0.323 e. The molecule has 0 radical (unpaired) electrons. The molecule has 2 aromatic rings. The first-order valence-corrected chi connectivity index (χ1v) is 10.2. The molecule has 0 aliphatic rings. The van der Waals surface area contributed by atoms with Gasteiger partial charge in [0.2, 0.25) is 0 Å². The Morgan fingerprint density at radius 2 is 1.12 bits per heavy atom. The molecule has 0 aliphatic carbocycles. The van der Waals surface area contributed by atoms with Crippen LogP contribution in [-0.4, -0.2) is 7.03 Å². The molecule has 2 rings (SSSR count). The fraction of sp³-hybridized carbons (Fsp3) is 0.143. The van der Waals surface area contributed by atoms with Gasteiger partial charge in [-0.25, -0.2) is 0 Å². The van der Waals surface area contributed by atoms with E-state index >= 15 is 0 Å². The Hall–Kier alpha value is -0.933. The van der Waals surface area contributed by atoms with Crippen LogP contribution in [0, 0.1) is 0 Å². The smallest absolute Gasteiger partial charge is 0.299 e. The maximum Gasteiger partial charge on any atom is 0.323 e. The van der Waals surface area contributed by atoms with Gasteiger partial charge < -0.3 is 0 Å². The molecule has 0 heterocycles. The lowest BCUT2D eigenvalue weighted by Gasteiger charge is -2.15. The molecule has 0 aliphatic heterocycles. The quantitative estimate of drug-likeness (QED) is 0.581. The van der Waals surface area contributed by atoms with Crippen LogP contribution in [0.5, 0.6) is 0 Å². The van der Waals surface area contributed by atoms with E-state index in [1.165, 1.54) is 0 Å². The van der Waals surface area contributed by atoms with E-state index < -0.39 is 7.03 Å². The minimum absolute atomic E-state index is 0.517. The van der Waals surface area contributed by atoms with Crippen molar-refractivity contribution in [3.05, 3.63) is 71.8 Å². The molecule has 0 fully saturated rings. The van der Waals surface area contributed by atoms with Crippen LogP contribution in [0.15, 0.2) is 60.7 Å². The lowest BCUT2D eigenvalue weighted by Crippen LogP contribution is -2.28. The van der Waals surface area contributed by atoms with Gasteiger partial charge in [-0.1, -0.05) is 76.0 Å². The lowest BCUT2D eigenvalue weighted by molar-refractivity contribution is 0.796. The first kappa shape index (κ1) is 12.5. The highest BCUT2D eigenvalue weighted by molar-refractivity contribution is 9.25. The van der Waals surface area contributed by atoms with E-state index in [-0.39, 0.29) is 0 Å². The van der Waals surface area contributed by atoms with Crippen molar-refractivity contribution in [2.75, 3.05) is 0 Å². The van der Waals surface area contributed by atoms with E-state index in [1.54, 1.807) is 0 Å². The van der Waals surface area contributed by atoms with Crippen LogP contribution in [-0.2, 0) is 12.1 Å². The average molecular weight is 309 g/mol. The SMILES string of the molecule is F[Si](Br)(Cc1ccccc1)Cc1ccccc1. The molecule has 88 valence electrons. The summed E-state index contributed by atoms with van der Waals surface area (Å²) < 4.78 is 14.5. The van der Waals surface area contributed by atoms with Gasteiger partial charge in [0.1, 0.15) is 0 Å². The van der Waals surface area contributed by atoms with Crippen molar-refractivity contribution in [2.24, 2.45) is 0 Å². The van der Waals surface area contributed by atoms with Gasteiger partial charge in [0.15, 0.2) is 0 Å². The Morgan fingerprint density at radius 1 is 0.765 bits per heavy atom. The molecule has 0 N–H and O–H groups in total. The van der Waals surface area contributed by atoms with Crippen LogP contribution in [0.1, 0.15) is 11.1 Å². The summed E-state index contributed by atoms with van der Waals surface area (Å²) in [6.45, 7) is 0. The van der Waals surface area contributed by atoms with E-state index in [2.05, 4.69) is 15.3 Å². The van der Waals surface area contributed by atoms with Crippen LogP contribution in [0.25, 0.3) is 0 Å². The first-order valence-electron chi connectivity index (χ1n) is 5.61. The van der Waals surface area contributed by atoms with Crippen molar-refractivity contribution in [1.82, 2.24) is 0 Å². The van der Waals surface area contributed by atoms with E-state index in [0.29, 0.717) is 12.1 Å². The topological polar surface area (TPSA) is 0 Å². The maximum atomic E-state index is 14.5. The third-order valence-electron chi connectivity index (χ3n) is 2.61. The number of benzene rings is 2. The van der Waals surface area contributed by atoms with Crippen molar-refractivity contribution in [3.63, 3.8) is 0 Å². The Kier molecular flexibility index (Phi) is 4.13. The van der Waals surface area contributed by atoms with Gasteiger partial charge in [-0.2, -0.15) is 0 Å². The molecular weight excluding hydrogens is 295 g/mol. The summed E-state index contributed by atoms with van der Waals surface area (Å²) in [5.74, 6) is 0. The minimum Gasteiger partial charge on any atom is -0.299 e. The van der Waals surface area contributed by atoms with Crippen molar-refractivity contribution < 1.29 is 4.11 Å². The summed E-state index contributed by atoms with van der Waals surface area (Å²) in [7, 11) is -2.87. The summed E-state index contributed by atoms with van der Waals surface area (Å²) in [6.07, 6.45) is 0. The maximum absolute atomic E-state index is 14.5. The molecule has 0 atom stereocenters. The zero-order chi connectivity index (χ0) is 12.1. The molecule has 0 aromatic heterocycles. The van der Waals surface area contributed by atoms with Crippen LogP contribution >= 0.6 is 15.3 Å². The van der Waals surface area contributed by atoms with Crippen LogP contribution in [0.2, 0.25) is 0 Å². The van der Waals surface area contributed by atoms with Gasteiger partial charge in [0.05, 0.1) is 0 Å². The minimum atomic E-state index is -2.87. The highest BCUT2D eigenvalue weighted by Crippen LogP contribution is 2.24. The summed E-state index contributed by atoms with van der Waals surface area (Å²) >= 11 is 3.33. The standard InChI is InChI=1S/C14H14BrFSi/c15-17(16,11-13-7-3-1-4-8-13)12-14-9-5-2-6-10-14/h1-10H,11-12H2. The number of hydrogen-bond acceptors (Lipinski definition) is 0. The number of halogens is 2. The molecule has 17 heavy (non-hydrogen) atoms. The first-order chi connectivity index (χ1) is 8.16. The highest BCUT2D eigenvalue weighted by atomic mass is 79.9. The van der Waals surface area contributed by atoms with Gasteiger partial charge in [-0.3, -0.25) is 4.11 Å². The van der Waals surface area contributed by atoms with Gasteiger partial charge in [-0.15, -0.1) is 0 Å². The molecule has 0 bridgehead atoms. The summed E-state index contributed by atoms with van der Waals surface area (Å²) in [6, 6.07) is 20.7. The van der Waals surface area contributed by atoms with Crippen molar-refractivity contribution in [1.29, 1.82) is 0 Å². The van der Waals surface area contributed by atoms with Crippen LogP contribution in [0.3, 0.4) is 0 Å². The molecule has 0 nitrogen and oxygen atoms in total. The zero-order valence-corrected chi connectivity index (χ0v) is 12.0. The van der Waals surface area contributed by atoms with Gasteiger partial charge in [-0.05, 0) is 11.1 Å². The monoisotopic (exact) mass is 308 g/mol. The number of rotatable bonds is 4. The lowest BCUT2D eigenvalue weighted by atomic mass is 10.2. The second-order valence-electron chi connectivity index (χ2n) is 4.18. The van der Waals surface area contributed by atoms with Crippen molar-refractivity contribution >= 4 is 22.3 Å². The van der Waals surface area contributed by atoms with E-state index in [4.69, 9.17) is 0 Å². The molecular formula is C14H14BrFSi. The predicted octanol–water partition coefficient (Wildman–Crippen LogP) is 4.36. The van der Waals surface area contributed by atoms with Gasteiger partial charge in [0.25, 0.3) is 0 Å². The molecule has 0 saturated heterocycles. The van der Waals surface area contributed by atoms with Gasteiger partial charge >= 0.3 is 7.03 Å². The predicted molar refractivity (Wildman–Crippen MR) is 76.1 cm³/mol. The van der Waals surface area contributed by atoms with Crippen molar-refractivity contribution in [3.8, 4) is 0 Å². The Balaban J connectivity index is 2.04. The molecule has 0 spiro atoms. The zero-order valence-electron chi connectivity index (χ0n) is 9.44. The summed E-state index contributed by atoms with van der Waals surface area (Å²) in [5.41, 5.74) is 2.13. The van der Waals surface area contributed by atoms with E-state index in [1.807, 2.05) is 60.7 Å². The third kappa shape index (κ3) is 4.09. The Bertz CT molecular complexity index is 413. The average Bonchev–Trinajstić information content (AvgIpc) is 2.30. The van der Waals surface area contributed by atoms with Crippen molar-refractivity contribution in [2.45, 2.75) is 12.1 Å². The normalized spacial score (nSPS) is 11.4. The summed E-state index contributed by atoms with van der Waals surface area (Å²) in [4.78, 5) is 0. The molecule has 3 heteroatoms. The molecule has 0 unspecified atom stereocenters. The molecule has 2 aromatic carbocycles.